The van der Waals surface area contributed by atoms with Crippen molar-refractivity contribution in [1.29, 1.82) is 0 Å². The number of nitrogens with zero attached hydrogens (tertiary/aromatic N) is 2. The second kappa shape index (κ2) is 12.4. The van der Waals surface area contributed by atoms with Crippen molar-refractivity contribution in [3.63, 3.8) is 0 Å². The molecule has 0 spiro atoms. The maximum Gasteiger partial charge on any atom is 0.338 e. The first kappa shape index (κ1) is 28.9. The third kappa shape index (κ3) is 5.78. The van der Waals surface area contributed by atoms with Gasteiger partial charge in [0.05, 0.1) is 53.8 Å². The summed E-state index contributed by atoms with van der Waals surface area (Å²) in [5, 5.41) is 0.446. The number of ether oxygens (including phenoxy) is 4. The van der Waals surface area contributed by atoms with Gasteiger partial charge in [-0.2, -0.15) is 0 Å². The van der Waals surface area contributed by atoms with E-state index >= 15 is 0 Å². The quantitative estimate of drug-likeness (QED) is 0.307. The number of rotatable bonds is 9. The highest BCUT2D eigenvalue weighted by atomic mass is 79.9. The highest BCUT2D eigenvalue weighted by Crippen LogP contribution is 2.41. The molecule has 0 bridgehead atoms. The number of esters is 1. The Kier molecular flexibility index (Phi) is 9.19. The van der Waals surface area contributed by atoms with Crippen molar-refractivity contribution >= 4 is 50.9 Å². The number of hydrogen-bond donors (Lipinski definition) is 0. The summed E-state index contributed by atoms with van der Waals surface area (Å²) in [6.07, 6.45) is 1.75. The number of hydrogen-bond acceptors (Lipinski definition) is 8. The molecule has 1 aromatic heterocycles. The van der Waals surface area contributed by atoms with Crippen molar-refractivity contribution in [3.05, 3.63) is 81.9 Å². The van der Waals surface area contributed by atoms with Gasteiger partial charge in [0.1, 0.15) is 5.75 Å². The van der Waals surface area contributed by atoms with Crippen LogP contribution in [0.3, 0.4) is 0 Å². The van der Waals surface area contributed by atoms with Crippen molar-refractivity contribution in [2.45, 2.75) is 33.7 Å². The molecule has 0 amide bonds. The van der Waals surface area contributed by atoms with Crippen LogP contribution in [0.1, 0.15) is 44.9 Å². The molecule has 206 valence electrons. The molecule has 0 saturated heterocycles. The standard InChI is InChI=1S/C28H28BrClN2O6S/c1-6-36-20-10-9-16(11-19(20)30)12-23-26(33)32-25(17-13-21(35-5)22(37-7-2)14-18(17)29)24(27(34)38-8-3)15(4)31-28(32)39-23/h9-14,25H,6-8H2,1-5H3/b23-12+/t25-/m1/s1. The van der Waals surface area contributed by atoms with Crippen LogP contribution in [0, 0.1) is 0 Å². The summed E-state index contributed by atoms with van der Waals surface area (Å²) < 4.78 is 24.8. The third-order valence-electron chi connectivity index (χ3n) is 5.95. The van der Waals surface area contributed by atoms with Gasteiger partial charge in [-0.1, -0.05) is 44.9 Å². The first-order valence-electron chi connectivity index (χ1n) is 12.4. The normalized spacial score (nSPS) is 15.1. The molecule has 0 unspecified atom stereocenters. The summed E-state index contributed by atoms with van der Waals surface area (Å²) in [6, 6.07) is 8.06. The lowest BCUT2D eigenvalue weighted by Crippen LogP contribution is -2.40. The predicted octanol–water partition coefficient (Wildman–Crippen LogP) is 5.02. The summed E-state index contributed by atoms with van der Waals surface area (Å²) in [5.74, 6) is 1.03. The van der Waals surface area contributed by atoms with Gasteiger partial charge in [-0.25, -0.2) is 9.79 Å². The van der Waals surface area contributed by atoms with Gasteiger partial charge in [-0.3, -0.25) is 9.36 Å². The molecule has 1 aliphatic rings. The maximum atomic E-state index is 13.9. The van der Waals surface area contributed by atoms with E-state index in [2.05, 4.69) is 20.9 Å². The predicted molar refractivity (Wildman–Crippen MR) is 155 cm³/mol. The van der Waals surface area contributed by atoms with Gasteiger partial charge in [-0.15, -0.1) is 0 Å². The maximum absolute atomic E-state index is 13.9. The Balaban J connectivity index is 1.95. The Morgan fingerprint density at radius 2 is 1.82 bits per heavy atom. The Morgan fingerprint density at radius 3 is 2.46 bits per heavy atom. The molecular weight excluding hydrogens is 608 g/mol. The zero-order valence-corrected chi connectivity index (χ0v) is 25.3. The van der Waals surface area contributed by atoms with Crippen LogP contribution in [-0.4, -0.2) is 37.5 Å². The van der Waals surface area contributed by atoms with Crippen molar-refractivity contribution in [1.82, 2.24) is 4.57 Å². The number of carbonyl (C=O) groups excluding carboxylic acids is 1. The topological polar surface area (TPSA) is 88.4 Å². The Labute approximate surface area is 243 Å². The van der Waals surface area contributed by atoms with E-state index in [0.29, 0.717) is 60.6 Å². The third-order valence-corrected chi connectivity index (χ3v) is 7.91. The molecule has 1 atom stereocenters. The molecule has 0 aliphatic carbocycles. The van der Waals surface area contributed by atoms with E-state index in [-0.39, 0.29) is 17.7 Å². The first-order chi connectivity index (χ1) is 18.7. The Morgan fingerprint density at radius 1 is 1.10 bits per heavy atom. The minimum Gasteiger partial charge on any atom is -0.493 e. The van der Waals surface area contributed by atoms with Crippen molar-refractivity contribution < 1.29 is 23.7 Å². The van der Waals surface area contributed by atoms with Crippen LogP contribution in [0.15, 0.2) is 55.9 Å². The summed E-state index contributed by atoms with van der Waals surface area (Å²) in [6.45, 7) is 8.34. The molecule has 4 rings (SSSR count). The SMILES string of the molecule is CCOC(=O)C1=C(C)N=c2s/c(=C/c3ccc(OCC)c(Cl)c3)c(=O)n2[C@@H]1c1cc(OC)c(OCC)cc1Br. The molecule has 3 aromatic rings. The van der Waals surface area contributed by atoms with E-state index in [9.17, 15) is 9.59 Å². The monoisotopic (exact) mass is 634 g/mol. The van der Waals surface area contributed by atoms with Gasteiger partial charge in [0, 0.05) is 4.47 Å². The van der Waals surface area contributed by atoms with Gasteiger partial charge < -0.3 is 18.9 Å². The smallest absolute Gasteiger partial charge is 0.338 e. The second-order valence-electron chi connectivity index (χ2n) is 8.38. The number of allylic oxidation sites excluding steroid dienone is 1. The average Bonchev–Trinajstić information content (AvgIpc) is 3.19. The number of thiazole rings is 1. The van der Waals surface area contributed by atoms with E-state index in [0.717, 1.165) is 5.56 Å². The number of benzene rings is 2. The van der Waals surface area contributed by atoms with E-state index in [4.69, 9.17) is 30.5 Å². The number of aromatic nitrogens is 1. The average molecular weight is 636 g/mol. The van der Waals surface area contributed by atoms with Gasteiger partial charge >= 0.3 is 5.97 Å². The number of halogens is 2. The molecule has 0 fully saturated rings. The van der Waals surface area contributed by atoms with E-state index < -0.39 is 12.0 Å². The summed E-state index contributed by atoms with van der Waals surface area (Å²) >= 11 is 11.2. The lowest BCUT2D eigenvalue weighted by Gasteiger charge is -2.26. The molecule has 11 heteroatoms. The summed E-state index contributed by atoms with van der Waals surface area (Å²) in [5.41, 5.74) is 1.80. The van der Waals surface area contributed by atoms with Gasteiger partial charge in [-0.05, 0) is 69.2 Å². The van der Waals surface area contributed by atoms with Crippen molar-refractivity contribution in [2.75, 3.05) is 26.9 Å². The minimum atomic E-state index is -0.815. The van der Waals surface area contributed by atoms with Crippen molar-refractivity contribution in [2.24, 2.45) is 4.99 Å². The molecule has 39 heavy (non-hydrogen) atoms. The molecule has 0 N–H and O–H groups in total. The van der Waals surface area contributed by atoms with Gasteiger partial charge in [0.25, 0.3) is 5.56 Å². The lowest BCUT2D eigenvalue weighted by molar-refractivity contribution is -0.139. The van der Waals surface area contributed by atoms with Crippen LogP contribution in [0.5, 0.6) is 17.2 Å². The summed E-state index contributed by atoms with van der Waals surface area (Å²) in [4.78, 5) is 32.2. The first-order valence-corrected chi connectivity index (χ1v) is 14.3. The highest BCUT2D eigenvalue weighted by Gasteiger charge is 2.35. The van der Waals surface area contributed by atoms with Crippen LogP contribution >= 0.6 is 38.9 Å². The number of fused-ring (bicyclic) bond motifs is 1. The molecule has 0 radical (unpaired) electrons. The molecular formula is C28H28BrClN2O6S. The Hall–Kier alpha value is -3.08. The fourth-order valence-electron chi connectivity index (χ4n) is 4.30. The number of methoxy groups -OCH3 is 1. The zero-order valence-electron chi connectivity index (χ0n) is 22.2. The van der Waals surface area contributed by atoms with E-state index in [1.165, 1.54) is 23.0 Å². The van der Waals surface area contributed by atoms with Crippen LogP contribution < -0.4 is 29.1 Å². The van der Waals surface area contributed by atoms with Gasteiger partial charge in [0.15, 0.2) is 16.3 Å². The second-order valence-corrected chi connectivity index (χ2v) is 10.7. The van der Waals surface area contributed by atoms with Crippen molar-refractivity contribution in [3.8, 4) is 17.2 Å². The minimum absolute atomic E-state index is 0.180. The number of carbonyl (C=O) groups is 1. The van der Waals surface area contributed by atoms with Crippen LogP contribution in [0.25, 0.3) is 6.08 Å². The Bertz CT molecular complexity index is 1630. The van der Waals surface area contributed by atoms with Crippen LogP contribution in [0.4, 0.5) is 0 Å². The fourth-order valence-corrected chi connectivity index (χ4v) is 6.13. The lowest BCUT2D eigenvalue weighted by atomic mass is 9.95. The highest BCUT2D eigenvalue weighted by molar-refractivity contribution is 9.10. The molecule has 2 aromatic carbocycles. The van der Waals surface area contributed by atoms with Crippen LogP contribution in [-0.2, 0) is 9.53 Å². The van der Waals surface area contributed by atoms with Crippen LogP contribution in [0.2, 0.25) is 5.02 Å². The van der Waals surface area contributed by atoms with Gasteiger partial charge in [0.2, 0.25) is 0 Å². The zero-order chi connectivity index (χ0) is 28.3. The molecule has 8 nitrogen and oxygen atoms in total. The van der Waals surface area contributed by atoms with E-state index in [1.807, 2.05) is 19.9 Å². The summed E-state index contributed by atoms with van der Waals surface area (Å²) in [7, 11) is 1.54. The van der Waals surface area contributed by atoms with E-state index in [1.54, 1.807) is 44.2 Å². The molecule has 2 heterocycles. The fraction of sp³-hybridized carbons (Fsp3) is 0.321. The largest absolute Gasteiger partial charge is 0.493 e. The molecule has 1 aliphatic heterocycles. The molecule has 0 saturated carbocycles.